The number of benzene rings is 3. The largest absolute Gasteiger partial charge is 0.449 e. The van der Waals surface area contributed by atoms with E-state index in [1.54, 1.807) is 31.4 Å². The summed E-state index contributed by atoms with van der Waals surface area (Å²) < 4.78 is 138. The van der Waals surface area contributed by atoms with Crippen LogP contribution < -0.4 is 16.0 Å². The zero-order valence-corrected chi connectivity index (χ0v) is 69.9. The molecular formula is C84H139N3O30. The molecule has 4 rings (SSSR count). The third-order valence-electron chi connectivity index (χ3n) is 17.2. The molecular weight excluding hydrogens is 1530 g/mol. The van der Waals surface area contributed by atoms with Crippen molar-refractivity contribution in [2.45, 2.75) is 64.5 Å². The average molecular weight is 1670 g/mol. The number of amides is 3. The van der Waals surface area contributed by atoms with Crippen LogP contribution in [-0.4, -0.2) is 366 Å². The van der Waals surface area contributed by atoms with Gasteiger partial charge in [-0.2, -0.15) is 0 Å². The highest BCUT2D eigenvalue weighted by atomic mass is 16.6. The Morgan fingerprint density at radius 2 is 0.658 bits per heavy atom. The number of alkyl carbamates (subject to hydrolysis) is 1. The van der Waals surface area contributed by atoms with Crippen LogP contribution in [-0.2, 0) is 139 Å². The number of nitrogens with one attached hydrogen (secondary N) is 3. The molecule has 33 heteroatoms. The predicted molar refractivity (Wildman–Crippen MR) is 433 cm³/mol. The number of ether oxygens (including phenoxy) is 25. The van der Waals surface area contributed by atoms with Gasteiger partial charge in [-0.25, -0.2) is 4.79 Å². The van der Waals surface area contributed by atoms with Crippen LogP contribution in [0.1, 0.15) is 68.6 Å². The maximum absolute atomic E-state index is 14.0. The molecule has 3 aromatic rings. The summed E-state index contributed by atoms with van der Waals surface area (Å²) in [6.45, 7) is 25.9. The van der Waals surface area contributed by atoms with Crippen molar-refractivity contribution in [3.8, 4) is 11.1 Å². The van der Waals surface area contributed by atoms with Crippen molar-refractivity contribution < 1.29 is 143 Å². The number of methoxy groups -OCH3 is 1. The molecule has 0 saturated carbocycles. The van der Waals surface area contributed by atoms with Crippen LogP contribution in [0.3, 0.4) is 0 Å². The monoisotopic (exact) mass is 1670 g/mol. The second-order valence-electron chi connectivity index (χ2n) is 26.6. The molecule has 33 nitrogen and oxygen atoms in total. The molecule has 2 atom stereocenters. The van der Waals surface area contributed by atoms with Crippen molar-refractivity contribution >= 4 is 29.4 Å². The minimum atomic E-state index is -0.892. The summed E-state index contributed by atoms with van der Waals surface area (Å²) in [4.78, 5) is 53.6. The number of ketones is 1. The van der Waals surface area contributed by atoms with E-state index < -0.39 is 18.1 Å². The van der Waals surface area contributed by atoms with Crippen molar-refractivity contribution in [1.82, 2.24) is 10.6 Å². The predicted octanol–water partition coefficient (Wildman–Crippen LogP) is 5.96. The molecule has 0 heterocycles. The fourth-order valence-electron chi connectivity index (χ4n) is 11.1. The second-order valence-corrected chi connectivity index (χ2v) is 26.6. The maximum atomic E-state index is 14.0. The molecule has 0 unspecified atom stereocenters. The van der Waals surface area contributed by atoms with E-state index in [0.29, 0.717) is 341 Å². The molecule has 0 fully saturated rings. The van der Waals surface area contributed by atoms with Crippen LogP contribution in [0.2, 0.25) is 0 Å². The number of Topliss-reactive ketones (excluding diaryl/α,β-unsaturated/α-hetero) is 1. The van der Waals surface area contributed by atoms with Gasteiger partial charge in [-0.05, 0) is 58.7 Å². The van der Waals surface area contributed by atoms with Gasteiger partial charge in [-0.3, -0.25) is 14.4 Å². The number of anilines is 1. The summed E-state index contributed by atoms with van der Waals surface area (Å²) in [7, 11) is 1.64. The molecule has 0 saturated heterocycles. The van der Waals surface area contributed by atoms with Crippen LogP contribution >= 0.6 is 0 Å². The zero-order valence-electron chi connectivity index (χ0n) is 69.9. The van der Waals surface area contributed by atoms with E-state index in [1.165, 1.54) is 0 Å². The van der Waals surface area contributed by atoms with E-state index in [-0.39, 0.29) is 62.1 Å². The fraction of sp³-hybridized carbons (Fsp3) is 0.738. The van der Waals surface area contributed by atoms with E-state index in [4.69, 9.17) is 118 Å². The summed E-state index contributed by atoms with van der Waals surface area (Å²) >= 11 is 0. The number of hydrogen-bond acceptors (Lipinski definition) is 30. The molecule has 1 aliphatic carbocycles. The summed E-state index contributed by atoms with van der Waals surface area (Å²) in [6, 6.07) is 22.0. The second kappa shape index (κ2) is 76.7. The van der Waals surface area contributed by atoms with Gasteiger partial charge in [0.2, 0.25) is 11.8 Å². The van der Waals surface area contributed by atoms with Gasteiger partial charge in [-0.15, -0.1) is 0 Å². The summed E-state index contributed by atoms with van der Waals surface area (Å²) in [5.74, 6) is -1.94. The van der Waals surface area contributed by atoms with Gasteiger partial charge >= 0.3 is 6.09 Å². The quantitative estimate of drug-likeness (QED) is 0.0473. The van der Waals surface area contributed by atoms with Gasteiger partial charge in [0.25, 0.3) is 0 Å². The molecule has 3 aromatic carbocycles. The Labute approximate surface area is 693 Å². The normalized spacial score (nSPS) is 12.5. The molecule has 0 aliphatic heterocycles. The van der Waals surface area contributed by atoms with Crippen molar-refractivity contribution in [2.75, 3.05) is 336 Å². The summed E-state index contributed by atoms with van der Waals surface area (Å²) in [5, 5.41) is 18.1. The minimum absolute atomic E-state index is 0.0991. The van der Waals surface area contributed by atoms with Crippen LogP contribution in [0.15, 0.2) is 72.8 Å². The first kappa shape index (κ1) is 104. The smallest absolute Gasteiger partial charge is 0.407 e. The number of fused-ring (bicyclic) bond motifs is 3. The molecule has 4 N–H and O–H groups in total. The Morgan fingerprint density at radius 1 is 0.368 bits per heavy atom. The standard InChI is InChI=1S/C84H139N3O30/c1-71(2)82(87-84(92)117-70-79-77-13-6-4-11-75(77)76-12-5-7-14-78(76)79)80(89)68-73(83(91)86-74-17-15-72(69-88)16-18-74)10-8-9-20-85-81(90)19-21-94-24-25-96-28-29-98-32-33-100-36-37-102-40-41-104-44-45-106-48-49-108-52-53-110-56-57-112-60-61-114-64-65-116-67-66-115-63-62-113-59-58-111-55-54-109-51-50-107-47-46-105-43-42-103-39-38-101-35-34-99-31-30-97-27-26-95-23-22-93-3/h4-7,11-18,71,73,79,82,88H,8-10,19-70H2,1-3H3,(H,85,90)(H,86,91)(H,87,92)/t73-,82+/m1/s1. The molecule has 0 radical (unpaired) electrons. The lowest BCUT2D eigenvalue weighted by Crippen LogP contribution is -2.46. The van der Waals surface area contributed by atoms with Crippen LogP contribution in [0, 0.1) is 11.8 Å². The Bertz CT molecular complexity index is 2760. The van der Waals surface area contributed by atoms with Crippen molar-refractivity contribution in [1.29, 1.82) is 0 Å². The number of carbonyl (C=O) groups is 4. The Balaban J connectivity index is 0.782. The summed E-state index contributed by atoms with van der Waals surface area (Å²) in [5.41, 5.74) is 5.59. The summed E-state index contributed by atoms with van der Waals surface area (Å²) in [6.07, 6.45) is 0.832. The van der Waals surface area contributed by atoms with E-state index >= 15 is 0 Å². The zero-order chi connectivity index (χ0) is 83.3. The first-order valence-electron chi connectivity index (χ1n) is 41.4. The highest BCUT2D eigenvalue weighted by Gasteiger charge is 2.32. The number of carbonyl (C=O) groups excluding carboxylic acids is 4. The number of aliphatic hydroxyl groups is 1. The third-order valence-corrected chi connectivity index (χ3v) is 17.2. The number of rotatable bonds is 87. The first-order valence-corrected chi connectivity index (χ1v) is 41.4. The lowest BCUT2D eigenvalue weighted by atomic mass is 9.89. The molecule has 3 amide bonds. The van der Waals surface area contributed by atoms with Crippen LogP contribution in [0.25, 0.3) is 11.1 Å². The lowest BCUT2D eigenvalue weighted by Gasteiger charge is -2.24. The van der Waals surface area contributed by atoms with E-state index in [0.717, 1.165) is 22.3 Å². The van der Waals surface area contributed by atoms with Crippen molar-refractivity contribution in [3.05, 3.63) is 89.5 Å². The third kappa shape index (κ3) is 57.5. The number of aliphatic hydroxyl groups excluding tert-OH is 1. The van der Waals surface area contributed by atoms with Crippen molar-refractivity contribution in [3.63, 3.8) is 0 Å². The molecule has 117 heavy (non-hydrogen) atoms. The molecule has 670 valence electrons. The molecule has 0 spiro atoms. The van der Waals surface area contributed by atoms with E-state index in [1.807, 2.05) is 50.2 Å². The minimum Gasteiger partial charge on any atom is -0.449 e. The molecule has 0 bridgehead atoms. The maximum Gasteiger partial charge on any atom is 0.407 e. The van der Waals surface area contributed by atoms with Gasteiger partial charge in [0.05, 0.1) is 323 Å². The molecule has 1 aliphatic rings. The highest BCUT2D eigenvalue weighted by Crippen LogP contribution is 2.44. The fourth-order valence-corrected chi connectivity index (χ4v) is 11.1. The Hall–Kier alpha value is -5.46. The highest BCUT2D eigenvalue weighted by molar-refractivity contribution is 5.97. The number of unbranched alkanes of at least 4 members (excludes halogenated alkanes) is 1. The van der Waals surface area contributed by atoms with Crippen molar-refractivity contribution in [2.24, 2.45) is 11.8 Å². The SMILES string of the molecule is COCCOCCOCCOCCOCCOCCOCCOCCOCCOCCOCCOCCOCCOCCOCCOCCOCCOCCOCCOCCOCCOCCOCCOCCC(=O)NCCCC[C@H](CC(=O)[C@@H](NC(=O)OCC1c2ccccc2-c2ccccc21)C(C)C)C(=O)Nc1ccc(CO)cc1. The van der Waals surface area contributed by atoms with Gasteiger partial charge in [0.15, 0.2) is 5.78 Å². The Morgan fingerprint density at radius 3 is 0.949 bits per heavy atom. The van der Waals surface area contributed by atoms with Gasteiger partial charge in [0.1, 0.15) is 6.61 Å². The van der Waals surface area contributed by atoms with E-state index in [9.17, 15) is 24.3 Å². The lowest BCUT2D eigenvalue weighted by molar-refractivity contribution is -0.128. The number of hydrogen-bond donors (Lipinski definition) is 4. The van der Waals surface area contributed by atoms with Gasteiger partial charge in [0, 0.05) is 44.0 Å². The van der Waals surface area contributed by atoms with Crippen LogP contribution in [0.4, 0.5) is 10.5 Å². The average Bonchev–Trinajstić information content (AvgIpc) is 1.62. The van der Waals surface area contributed by atoms with Gasteiger partial charge in [-0.1, -0.05) is 80.9 Å². The molecule has 0 aromatic heterocycles. The Kier molecular flexibility index (Phi) is 68.1. The first-order chi connectivity index (χ1) is 57.7. The van der Waals surface area contributed by atoms with E-state index in [2.05, 4.69) is 28.1 Å². The van der Waals surface area contributed by atoms with Crippen LogP contribution in [0.5, 0.6) is 0 Å². The topological polar surface area (TPSA) is 355 Å². The van der Waals surface area contributed by atoms with Gasteiger partial charge < -0.3 is 139 Å².